The van der Waals surface area contributed by atoms with E-state index in [4.69, 9.17) is 5.73 Å². The van der Waals surface area contributed by atoms with Crippen molar-refractivity contribution in [2.75, 3.05) is 5.73 Å². The van der Waals surface area contributed by atoms with Crippen LogP contribution in [0.1, 0.15) is 18.5 Å². The minimum Gasteiger partial charge on any atom is -0.399 e. The Kier molecular flexibility index (Phi) is 4.24. The van der Waals surface area contributed by atoms with Crippen LogP contribution < -0.4 is 10.5 Å². The average molecular weight is 312 g/mol. The van der Waals surface area contributed by atoms with Crippen LogP contribution in [0.4, 0.5) is 14.5 Å². The van der Waals surface area contributed by atoms with Crippen molar-refractivity contribution < 1.29 is 17.2 Å². The molecule has 0 saturated carbocycles. The van der Waals surface area contributed by atoms with Crippen molar-refractivity contribution in [3.8, 4) is 0 Å². The van der Waals surface area contributed by atoms with Crippen LogP contribution in [0.2, 0.25) is 0 Å². The summed E-state index contributed by atoms with van der Waals surface area (Å²) < 4.78 is 53.1. The summed E-state index contributed by atoms with van der Waals surface area (Å²) in [5.74, 6) is -1.21. The van der Waals surface area contributed by atoms with Crippen LogP contribution in [0.5, 0.6) is 0 Å². The number of hydrogen-bond donors (Lipinski definition) is 2. The summed E-state index contributed by atoms with van der Waals surface area (Å²) in [6.07, 6.45) is 0. The van der Waals surface area contributed by atoms with Gasteiger partial charge in [-0.1, -0.05) is 12.1 Å². The highest BCUT2D eigenvalue weighted by atomic mass is 32.2. The number of anilines is 1. The van der Waals surface area contributed by atoms with Crippen LogP contribution in [-0.2, 0) is 10.0 Å². The molecule has 0 aliphatic heterocycles. The Morgan fingerprint density at radius 1 is 1.10 bits per heavy atom. The molecule has 0 aliphatic carbocycles. The molecule has 2 rings (SSSR count). The van der Waals surface area contributed by atoms with Gasteiger partial charge in [0.05, 0.1) is 4.90 Å². The van der Waals surface area contributed by atoms with E-state index in [0.29, 0.717) is 5.56 Å². The molecule has 1 atom stereocenters. The number of nitrogen functional groups attached to an aromatic ring is 1. The van der Waals surface area contributed by atoms with E-state index in [9.17, 15) is 17.2 Å². The van der Waals surface area contributed by atoms with E-state index in [1.165, 1.54) is 18.2 Å². The molecule has 0 radical (unpaired) electrons. The van der Waals surface area contributed by atoms with Crippen LogP contribution in [0.15, 0.2) is 47.4 Å². The van der Waals surface area contributed by atoms with E-state index in [-0.39, 0.29) is 10.6 Å². The van der Waals surface area contributed by atoms with Gasteiger partial charge >= 0.3 is 0 Å². The second-order valence-electron chi connectivity index (χ2n) is 4.62. The lowest BCUT2D eigenvalue weighted by Crippen LogP contribution is -2.27. The predicted octanol–water partition coefficient (Wildman–Crippen LogP) is 2.59. The Balaban J connectivity index is 2.28. The first-order valence-electron chi connectivity index (χ1n) is 6.12. The fraction of sp³-hybridized carbons (Fsp3) is 0.143. The molecule has 0 bridgehead atoms. The van der Waals surface area contributed by atoms with Crippen molar-refractivity contribution in [2.45, 2.75) is 17.9 Å². The van der Waals surface area contributed by atoms with Gasteiger partial charge in [0.2, 0.25) is 10.0 Å². The van der Waals surface area contributed by atoms with E-state index < -0.39 is 27.7 Å². The fourth-order valence-electron chi connectivity index (χ4n) is 1.88. The number of rotatable bonds is 4. The van der Waals surface area contributed by atoms with Crippen molar-refractivity contribution in [1.82, 2.24) is 4.72 Å². The molecule has 0 aromatic heterocycles. The Labute approximate surface area is 121 Å². The summed E-state index contributed by atoms with van der Waals surface area (Å²) >= 11 is 0. The Morgan fingerprint density at radius 3 is 2.43 bits per heavy atom. The minimum absolute atomic E-state index is 0.00813. The third kappa shape index (κ3) is 3.77. The zero-order valence-corrected chi connectivity index (χ0v) is 12.0. The third-order valence-electron chi connectivity index (χ3n) is 2.88. The molecule has 4 nitrogen and oxygen atoms in total. The molecule has 2 aromatic carbocycles. The standard InChI is InChI=1S/C14H14F2N2O2S/c1-9(10-3-2-4-11(15)5-10)18-21(19,20)14-7-12(16)6-13(17)8-14/h2-9,18H,17H2,1H3. The van der Waals surface area contributed by atoms with Crippen LogP contribution in [0.25, 0.3) is 0 Å². The molecule has 0 spiro atoms. The SMILES string of the molecule is CC(NS(=O)(=O)c1cc(N)cc(F)c1)c1cccc(F)c1. The zero-order valence-electron chi connectivity index (χ0n) is 11.2. The first-order chi connectivity index (χ1) is 9.78. The number of halogens is 2. The molecule has 0 saturated heterocycles. The lowest BCUT2D eigenvalue weighted by atomic mass is 10.1. The van der Waals surface area contributed by atoms with E-state index in [0.717, 1.165) is 18.2 Å². The molecule has 0 aliphatic rings. The van der Waals surface area contributed by atoms with Crippen LogP contribution in [0, 0.1) is 11.6 Å². The second kappa shape index (κ2) is 5.79. The van der Waals surface area contributed by atoms with Crippen LogP contribution in [-0.4, -0.2) is 8.42 Å². The lowest BCUT2D eigenvalue weighted by Gasteiger charge is -2.15. The largest absolute Gasteiger partial charge is 0.399 e. The normalized spacial score (nSPS) is 13.1. The molecule has 0 amide bonds. The van der Waals surface area contributed by atoms with E-state index in [2.05, 4.69) is 4.72 Å². The van der Waals surface area contributed by atoms with Crippen LogP contribution in [0.3, 0.4) is 0 Å². The quantitative estimate of drug-likeness (QED) is 0.852. The van der Waals surface area contributed by atoms with Gasteiger partial charge in [0.15, 0.2) is 0 Å². The van der Waals surface area contributed by atoms with Crippen LogP contribution >= 0.6 is 0 Å². The zero-order chi connectivity index (χ0) is 15.6. The highest BCUT2D eigenvalue weighted by molar-refractivity contribution is 7.89. The predicted molar refractivity (Wildman–Crippen MR) is 75.9 cm³/mol. The van der Waals surface area contributed by atoms with Crippen molar-refractivity contribution in [1.29, 1.82) is 0 Å². The molecule has 112 valence electrons. The topological polar surface area (TPSA) is 72.2 Å². The van der Waals surface area contributed by atoms with Gasteiger partial charge in [-0.05, 0) is 42.8 Å². The monoisotopic (exact) mass is 312 g/mol. The van der Waals surface area contributed by atoms with Gasteiger partial charge in [0.25, 0.3) is 0 Å². The van der Waals surface area contributed by atoms with E-state index in [1.807, 2.05) is 0 Å². The molecule has 2 aromatic rings. The first-order valence-corrected chi connectivity index (χ1v) is 7.60. The van der Waals surface area contributed by atoms with Gasteiger partial charge in [0, 0.05) is 11.7 Å². The molecule has 3 N–H and O–H groups in total. The van der Waals surface area contributed by atoms with Gasteiger partial charge < -0.3 is 5.73 Å². The summed E-state index contributed by atoms with van der Waals surface area (Å²) in [6, 6.07) is 7.95. The average Bonchev–Trinajstić information content (AvgIpc) is 2.37. The lowest BCUT2D eigenvalue weighted by molar-refractivity contribution is 0.562. The Bertz CT molecular complexity index is 743. The molecule has 7 heteroatoms. The van der Waals surface area contributed by atoms with Crippen molar-refractivity contribution in [2.24, 2.45) is 0 Å². The van der Waals surface area contributed by atoms with Crippen molar-refractivity contribution in [3.63, 3.8) is 0 Å². The summed E-state index contributed by atoms with van der Waals surface area (Å²) in [5.41, 5.74) is 5.91. The summed E-state index contributed by atoms with van der Waals surface area (Å²) in [6.45, 7) is 1.56. The van der Waals surface area contributed by atoms with Gasteiger partial charge in [0.1, 0.15) is 11.6 Å². The molecular formula is C14H14F2N2O2S. The maximum absolute atomic E-state index is 13.2. The Morgan fingerprint density at radius 2 is 1.81 bits per heavy atom. The van der Waals surface area contributed by atoms with E-state index in [1.54, 1.807) is 13.0 Å². The second-order valence-corrected chi connectivity index (χ2v) is 6.33. The van der Waals surface area contributed by atoms with Gasteiger partial charge in [-0.3, -0.25) is 0 Å². The highest BCUT2D eigenvalue weighted by Crippen LogP contribution is 2.20. The van der Waals surface area contributed by atoms with E-state index >= 15 is 0 Å². The van der Waals surface area contributed by atoms with Gasteiger partial charge in [-0.15, -0.1) is 0 Å². The number of nitrogens with two attached hydrogens (primary N) is 1. The smallest absolute Gasteiger partial charge is 0.241 e. The Hall–Kier alpha value is -1.99. The number of hydrogen-bond acceptors (Lipinski definition) is 3. The molecule has 0 heterocycles. The highest BCUT2D eigenvalue weighted by Gasteiger charge is 2.19. The number of sulfonamides is 1. The number of nitrogens with one attached hydrogen (secondary N) is 1. The van der Waals surface area contributed by atoms with Gasteiger partial charge in [-0.25, -0.2) is 21.9 Å². The maximum atomic E-state index is 13.2. The summed E-state index contributed by atoms with van der Waals surface area (Å²) in [7, 11) is -3.96. The van der Waals surface area contributed by atoms with Crippen molar-refractivity contribution in [3.05, 3.63) is 59.7 Å². The fourth-order valence-corrected chi connectivity index (χ4v) is 3.18. The minimum atomic E-state index is -3.96. The summed E-state index contributed by atoms with van der Waals surface area (Å²) in [4.78, 5) is -0.275. The molecular weight excluding hydrogens is 298 g/mol. The molecule has 0 fully saturated rings. The maximum Gasteiger partial charge on any atom is 0.241 e. The third-order valence-corrected chi connectivity index (χ3v) is 4.40. The molecule has 1 unspecified atom stereocenters. The first kappa shape index (κ1) is 15.4. The van der Waals surface area contributed by atoms with Crippen molar-refractivity contribution >= 4 is 15.7 Å². The molecule has 21 heavy (non-hydrogen) atoms. The summed E-state index contributed by atoms with van der Waals surface area (Å²) in [5, 5.41) is 0. The number of benzene rings is 2. The van der Waals surface area contributed by atoms with Gasteiger partial charge in [-0.2, -0.15) is 0 Å².